The first kappa shape index (κ1) is 15.7. The van der Waals surface area contributed by atoms with Gasteiger partial charge in [-0.25, -0.2) is 0 Å². The molecule has 2 aromatic carbocycles. The molecule has 4 heteroatoms. The first-order valence-electron chi connectivity index (χ1n) is 6.46. The van der Waals surface area contributed by atoms with Gasteiger partial charge in [-0.05, 0) is 48.4 Å². The lowest BCUT2D eigenvalue weighted by atomic mass is 10.1. The highest BCUT2D eigenvalue weighted by atomic mass is 35.5. The molecule has 0 bridgehead atoms. The Kier molecular flexibility index (Phi) is 5.52. The van der Waals surface area contributed by atoms with E-state index in [4.69, 9.17) is 33.7 Å². The van der Waals surface area contributed by atoms with E-state index in [-0.39, 0.29) is 0 Å². The van der Waals surface area contributed by atoms with Crippen LogP contribution in [0.3, 0.4) is 0 Å². The van der Waals surface area contributed by atoms with Crippen LogP contribution in [0.5, 0.6) is 5.75 Å². The lowest BCUT2D eigenvalue weighted by Gasteiger charge is -2.09. The van der Waals surface area contributed by atoms with Crippen molar-refractivity contribution in [2.75, 3.05) is 6.54 Å². The van der Waals surface area contributed by atoms with Crippen LogP contribution in [0.25, 0.3) is 0 Å². The number of hydrogen-bond donors (Lipinski definition) is 1. The summed E-state index contributed by atoms with van der Waals surface area (Å²) >= 11 is 11.9. The second-order valence-electron chi connectivity index (χ2n) is 4.52. The third kappa shape index (κ3) is 4.41. The fraction of sp³-hybridized carbons (Fsp3) is 0.176. The van der Waals surface area contributed by atoms with Crippen LogP contribution in [0.1, 0.15) is 16.7 Å². The highest BCUT2D eigenvalue weighted by molar-refractivity contribution is 6.42. The maximum Gasteiger partial charge on any atom is 0.120 e. The first-order chi connectivity index (χ1) is 10.1. The van der Waals surface area contributed by atoms with Gasteiger partial charge >= 0.3 is 0 Å². The summed E-state index contributed by atoms with van der Waals surface area (Å²) in [5, 5.41) is 1.07. The van der Waals surface area contributed by atoms with Gasteiger partial charge in [0.2, 0.25) is 0 Å². The summed E-state index contributed by atoms with van der Waals surface area (Å²) in [6.45, 7) is 2.78. The van der Waals surface area contributed by atoms with Crippen LogP contribution < -0.4 is 10.5 Å². The summed E-state index contributed by atoms with van der Waals surface area (Å²) in [7, 11) is 0. The molecule has 0 aromatic heterocycles. The van der Waals surface area contributed by atoms with Crippen LogP contribution in [0, 0.1) is 18.8 Å². The van der Waals surface area contributed by atoms with Crippen molar-refractivity contribution >= 4 is 23.2 Å². The molecular formula is C17H15Cl2NO. The minimum Gasteiger partial charge on any atom is -0.489 e. The number of benzene rings is 2. The zero-order valence-corrected chi connectivity index (χ0v) is 13.1. The average Bonchev–Trinajstić information content (AvgIpc) is 2.47. The zero-order valence-electron chi connectivity index (χ0n) is 11.6. The fourth-order valence-corrected chi connectivity index (χ4v) is 2.13. The Morgan fingerprint density at radius 1 is 1.10 bits per heavy atom. The van der Waals surface area contributed by atoms with Gasteiger partial charge in [0, 0.05) is 5.56 Å². The van der Waals surface area contributed by atoms with Crippen molar-refractivity contribution in [1.82, 2.24) is 0 Å². The van der Waals surface area contributed by atoms with Gasteiger partial charge < -0.3 is 10.5 Å². The first-order valence-corrected chi connectivity index (χ1v) is 7.22. The van der Waals surface area contributed by atoms with Crippen LogP contribution in [0.15, 0.2) is 36.4 Å². The van der Waals surface area contributed by atoms with Crippen molar-refractivity contribution in [3.05, 3.63) is 63.1 Å². The van der Waals surface area contributed by atoms with Crippen LogP contribution in [0.4, 0.5) is 0 Å². The van der Waals surface area contributed by atoms with E-state index in [1.54, 1.807) is 12.1 Å². The summed E-state index contributed by atoms with van der Waals surface area (Å²) in [4.78, 5) is 0. The average molecular weight is 320 g/mol. The highest BCUT2D eigenvalue weighted by Gasteiger charge is 2.02. The molecule has 2 N–H and O–H groups in total. The number of aryl methyl sites for hydroxylation is 1. The number of nitrogens with two attached hydrogens (primary N) is 1. The largest absolute Gasteiger partial charge is 0.489 e. The van der Waals surface area contributed by atoms with Crippen molar-refractivity contribution in [2.24, 2.45) is 5.73 Å². The summed E-state index contributed by atoms with van der Waals surface area (Å²) < 4.78 is 5.75. The van der Waals surface area contributed by atoms with E-state index in [1.165, 1.54) is 0 Å². The molecule has 0 spiro atoms. The SMILES string of the molecule is Cc1cc(OCc2ccc(Cl)c(Cl)c2)ccc1C#CCN. The predicted octanol–water partition coefficient (Wildman–Crippen LogP) is 4.19. The van der Waals surface area contributed by atoms with Crippen molar-refractivity contribution in [3.8, 4) is 17.6 Å². The van der Waals surface area contributed by atoms with Gasteiger partial charge in [0.25, 0.3) is 0 Å². The van der Waals surface area contributed by atoms with E-state index < -0.39 is 0 Å². The Labute approximate surface area is 134 Å². The van der Waals surface area contributed by atoms with Gasteiger partial charge in [0.05, 0.1) is 16.6 Å². The number of halogens is 2. The number of hydrogen-bond acceptors (Lipinski definition) is 2. The van der Waals surface area contributed by atoms with Crippen molar-refractivity contribution in [3.63, 3.8) is 0 Å². The minimum atomic E-state index is 0.356. The summed E-state index contributed by atoms with van der Waals surface area (Å²) in [5.41, 5.74) is 8.36. The molecule has 21 heavy (non-hydrogen) atoms. The van der Waals surface area contributed by atoms with Crippen LogP contribution >= 0.6 is 23.2 Å². The lowest BCUT2D eigenvalue weighted by molar-refractivity contribution is 0.306. The monoisotopic (exact) mass is 319 g/mol. The Hall–Kier alpha value is -1.66. The lowest BCUT2D eigenvalue weighted by Crippen LogP contribution is -1.97. The predicted molar refractivity (Wildman–Crippen MR) is 87.9 cm³/mol. The molecule has 0 aliphatic carbocycles. The van der Waals surface area contributed by atoms with E-state index >= 15 is 0 Å². The standard InChI is InChI=1S/C17H15Cl2NO/c1-12-9-15(6-5-14(12)3-2-8-20)21-11-13-4-7-16(18)17(19)10-13/h4-7,9-10H,8,11,20H2,1H3. The molecule has 108 valence electrons. The molecule has 0 aliphatic rings. The number of ether oxygens (including phenoxy) is 1. The van der Waals surface area contributed by atoms with Gasteiger partial charge in [0.1, 0.15) is 12.4 Å². The van der Waals surface area contributed by atoms with Gasteiger partial charge in [-0.1, -0.05) is 41.1 Å². The van der Waals surface area contributed by atoms with Crippen LogP contribution in [-0.2, 0) is 6.61 Å². The molecule has 0 amide bonds. The summed E-state index contributed by atoms with van der Waals surface area (Å²) in [5.74, 6) is 6.66. The van der Waals surface area contributed by atoms with E-state index in [2.05, 4.69) is 11.8 Å². The Balaban J connectivity index is 2.06. The van der Waals surface area contributed by atoms with E-state index in [0.29, 0.717) is 23.2 Å². The smallest absolute Gasteiger partial charge is 0.120 e. The highest BCUT2D eigenvalue weighted by Crippen LogP contribution is 2.24. The van der Waals surface area contributed by atoms with Crippen molar-refractivity contribution in [1.29, 1.82) is 0 Å². The second-order valence-corrected chi connectivity index (χ2v) is 5.33. The fourth-order valence-electron chi connectivity index (χ4n) is 1.81. The molecule has 0 fully saturated rings. The summed E-state index contributed by atoms with van der Waals surface area (Å²) in [6.07, 6.45) is 0. The van der Waals surface area contributed by atoms with Crippen molar-refractivity contribution in [2.45, 2.75) is 13.5 Å². The maximum atomic E-state index is 5.98. The molecule has 2 rings (SSSR count). The minimum absolute atomic E-state index is 0.356. The van der Waals surface area contributed by atoms with Crippen LogP contribution in [0.2, 0.25) is 10.0 Å². The normalized spacial score (nSPS) is 9.90. The molecule has 2 nitrogen and oxygen atoms in total. The molecule has 0 heterocycles. The Morgan fingerprint density at radius 2 is 1.90 bits per heavy atom. The third-order valence-electron chi connectivity index (χ3n) is 2.91. The van der Waals surface area contributed by atoms with E-state index in [9.17, 15) is 0 Å². The van der Waals surface area contributed by atoms with Crippen LogP contribution in [-0.4, -0.2) is 6.54 Å². The second kappa shape index (κ2) is 7.38. The van der Waals surface area contributed by atoms with Crippen molar-refractivity contribution < 1.29 is 4.74 Å². The van der Waals surface area contributed by atoms with E-state index in [1.807, 2.05) is 31.2 Å². The topological polar surface area (TPSA) is 35.2 Å². The molecule has 0 atom stereocenters. The summed E-state index contributed by atoms with van der Waals surface area (Å²) in [6, 6.07) is 11.2. The maximum absolute atomic E-state index is 5.98. The molecule has 0 saturated carbocycles. The Bertz CT molecular complexity index is 702. The van der Waals surface area contributed by atoms with Gasteiger partial charge in [0.15, 0.2) is 0 Å². The third-order valence-corrected chi connectivity index (χ3v) is 3.65. The van der Waals surface area contributed by atoms with Gasteiger partial charge in [-0.3, -0.25) is 0 Å². The van der Waals surface area contributed by atoms with E-state index in [0.717, 1.165) is 22.4 Å². The number of rotatable bonds is 3. The molecule has 0 saturated heterocycles. The molecule has 0 radical (unpaired) electrons. The molecule has 2 aromatic rings. The Morgan fingerprint density at radius 3 is 2.57 bits per heavy atom. The molecular weight excluding hydrogens is 305 g/mol. The molecule has 0 aliphatic heterocycles. The van der Waals surface area contributed by atoms with Gasteiger partial charge in [-0.15, -0.1) is 0 Å². The quantitative estimate of drug-likeness (QED) is 0.861. The van der Waals surface area contributed by atoms with Gasteiger partial charge in [-0.2, -0.15) is 0 Å². The molecule has 0 unspecified atom stereocenters. The zero-order chi connectivity index (χ0) is 15.2.